The van der Waals surface area contributed by atoms with Crippen molar-refractivity contribution in [3.05, 3.63) is 29.8 Å². The fraction of sp³-hybridized carbons (Fsp3) is 0.500. The topological polar surface area (TPSA) is 58.4 Å². The summed E-state index contributed by atoms with van der Waals surface area (Å²) in [6, 6.07) is 8.28. The first-order chi connectivity index (χ1) is 8.65. The summed E-state index contributed by atoms with van der Waals surface area (Å²) < 4.78 is 0. The third-order valence-corrected chi connectivity index (χ3v) is 3.44. The normalized spacial score (nSPS) is 23.9. The highest BCUT2D eigenvalue weighted by atomic mass is 16.2. The van der Waals surface area contributed by atoms with E-state index in [9.17, 15) is 4.79 Å². The number of hydrogen-bond acceptors (Lipinski definition) is 3. The molecule has 1 aliphatic heterocycles. The molecule has 1 saturated heterocycles. The third kappa shape index (κ3) is 2.48. The van der Waals surface area contributed by atoms with Crippen LogP contribution in [0.25, 0.3) is 0 Å². The van der Waals surface area contributed by atoms with Gasteiger partial charge in [0.2, 0.25) is 5.91 Å². The van der Waals surface area contributed by atoms with Gasteiger partial charge in [0.05, 0.1) is 0 Å². The van der Waals surface area contributed by atoms with E-state index in [2.05, 4.69) is 41.4 Å². The van der Waals surface area contributed by atoms with Gasteiger partial charge in [-0.3, -0.25) is 4.79 Å². The van der Waals surface area contributed by atoms with E-state index in [0.29, 0.717) is 6.54 Å². The molecule has 98 valence electrons. The van der Waals surface area contributed by atoms with Gasteiger partial charge < -0.3 is 16.0 Å². The van der Waals surface area contributed by atoms with Crippen LogP contribution in [0.4, 0.5) is 5.69 Å². The molecule has 0 aromatic heterocycles. The quantitative estimate of drug-likeness (QED) is 0.834. The second-order valence-corrected chi connectivity index (χ2v) is 4.83. The molecule has 0 aliphatic carbocycles. The number of carbonyl (C=O) groups is 1. The van der Waals surface area contributed by atoms with Crippen molar-refractivity contribution in [2.75, 3.05) is 18.0 Å². The summed E-state index contributed by atoms with van der Waals surface area (Å²) >= 11 is 0. The van der Waals surface area contributed by atoms with Crippen molar-refractivity contribution in [2.45, 2.75) is 32.4 Å². The van der Waals surface area contributed by atoms with Crippen LogP contribution in [0.5, 0.6) is 0 Å². The first-order valence-electron chi connectivity index (χ1n) is 6.51. The average Bonchev–Trinajstić information content (AvgIpc) is 2.38. The minimum atomic E-state index is -0.256. The largest absolute Gasteiger partial charge is 0.356 e. The van der Waals surface area contributed by atoms with E-state index in [1.54, 1.807) is 0 Å². The Kier molecular flexibility index (Phi) is 3.87. The Morgan fingerprint density at radius 2 is 2.06 bits per heavy atom. The lowest BCUT2D eigenvalue weighted by Gasteiger charge is -2.39. The second kappa shape index (κ2) is 5.40. The standard InChI is InChI=1S/C14H21N3O/c1-3-11-4-6-12(7-5-11)17-9-10(2)16-14(18)13(17)8-15/h4-7,10,13H,3,8-9,15H2,1-2H3,(H,16,18). The maximum atomic E-state index is 11.9. The molecule has 1 amide bonds. The number of carbonyl (C=O) groups excluding carboxylic acids is 1. The van der Waals surface area contributed by atoms with E-state index in [4.69, 9.17) is 5.73 Å². The van der Waals surface area contributed by atoms with E-state index >= 15 is 0 Å². The van der Waals surface area contributed by atoms with Crippen molar-refractivity contribution in [3.63, 3.8) is 0 Å². The van der Waals surface area contributed by atoms with Crippen LogP contribution >= 0.6 is 0 Å². The van der Waals surface area contributed by atoms with E-state index < -0.39 is 0 Å². The lowest BCUT2D eigenvalue weighted by Crippen LogP contribution is -2.61. The van der Waals surface area contributed by atoms with Crippen molar-refractivity contribution < 1.29 is 4.79 Å². The van der Waals surface area contributed by atoms with Gasteiger partial charge in [-0.25, -0.2) is 0 Å². The van der Waals surface area contributed by atoms with Crippen LogP contribution in [-0.2, 0) is 11.2 Å². The number of nitrogens with one attached hydrogen (secondary N) is 1. The lowest BCUT2D eigenvalue weighted by atomic mass is 10.1. The van der Waals surface area contributed by atoms with Crippen molar-refractivity contribution >= 4 is 11.6 Å². The molecular weight excluding hydrogens is 226 g/mol. The van der Waals surface area contributed by atoms with Gasteiger partial charge in [0.1, 0.15) is 6.04 Å². The molecule has 1 heterocycles. The first-order valence-corrected chi connectivity index (χ1v) is 6.51. The molecule has 2 atom stereocenters. The summed E-state index contributed by atoms with van der Waals surface area (Å²) in [5.74, 6) is 0.0239. The van der Waals surface area contributed by atoms with Gasteiger partial charge in [-0.05, 0) is 31.0 Å². The summed E-state index contributed by atoms with van der Waals surface area (Å²) in [6.45, 7) is 5.29. The molecule has 1 aliphatic rings. The van der Waals surface area contributed by atoms with Gasteiger partial charge in [0.15, 0.2) is 0 Å². The molecule has 18 heavy (non-hydrogen) atoms. The smallest absolute Gasteiger partial charge is 0.244 e. The Labute approximate surface area is 108 Å². The third-order valence-electron chi connectivity index (χ3n) is 3.44. The minimum Gasteiger partial charge on any atom is -0.356 e. The number of hydrogen-bond donors (Lipinski definition) is 2. The second-order valence-electron chi connectivity index (χ2n) is 4.83. The van der Waals surface area contributed by atoms with E-state index in [0.717, 1.165) is 18.7 Å². The van der Waals surface area contributed by atoms with Crippen molar-refractivity contribution in [2.24, 2.45) is 5.73 Å². The van der Waals surface area contributed by atoms with Crippen LogP contribution in [-0.4, -0.2) is 31.1 Å². The van der Waals surface area contributed by atoms with E-state index in [-0.39, 0.29) is 18.0 Å². The maximum absolute atomic E-state index is 11.9. The molecular formula is C14H21N3O. The van der Waals surface area contributed by atoms with Gasteiger partial charge in [0.25, 0.3) is 0 Å². The van der Waals surface area contributed by atoms with E-state index in [1.165, 1.54) is 5.56 Å². The molecule has 0 bridgehead atoms. The summed E-state index contributed by atoms with van der Waals surface area (Å²) in [5.41, 5.74) is 8.10. The molecule has 1 aromatic rings. The molecule has 0 radical (unpaired) electrons. The number of nitrogens with zero attached hydrogens (tertiary/aromatic N) is 1. The van der Waals surface area contributed by atoms with Gasteiger partial charge in [0, 0.05) is 24.8 Å². The fourth-order valence-corrected chi connectivity index (χ4v) is 2.39. The predicted octanol–water partition coefficient (Wildman–Crippen LogP) is 0.901. The summed E-state index contributed by atoms with van der Waals surface area (Å²) in [5, 5.41) is 2.94. The summed E-state index contributed by atoms with van der Waals surface area (Å²) in [7, 11) is 0. The van der Waals surface area contributed by atoms with Crippen LogP contribution in [0.2, 0.25) is 0 Å². The van der Waals surface area contributed by atoms with Gasteiger partial charge in [-0.15, -0.1) is 0 Å². The first kappa shape index (κ1) is 12.9. The fourth-order valence-electron chi connectivity index (χ4n) is 2.39. The zero-order valence-electron chi connectivity index (χ0n) is 11.0. The Morgan fingerprint density at radius 1 is 1.39 bits per heavy atom. The molecule has 0 saturated carbocycles. The lowest BCUT2D eigenvalue weighted by molar-refractivity contribution is -0.123. The number of aryl methyl sites for hydroxylation is 1. The number of benzene rings is 1. The van der Waals surface area contributed by atoms with Crippen molar-refractivity contribution in [1.82, 2.24) is 5.32 Å². The molecule has 4 nitrogen and oxygen atoms in total. The summed E-state index contributed by atoms with van der Waals surface area (Å²) in [6.07, 6.45) is 1.03. The molecule has 2 unspecified atom stereocenters. The highest BCUT2D eigenvalue weighted by molar-refractivity contribution is 5.87. The molecule has 2 rings (SSSR count). The minimum absolute atomic E-state index is 0.0239. The number of rotatable bonds is 3. The molecule has 0 spiro atoms. The van der Waals surface area contributed by atoms with E-state index in [1.807, 2.05) is 6.92 Å². The van der Waals surface area contributed by atoms with Gasteiger partial charge in [-0.1, -0.05) is 19.1 Å². The van der Waals surface area contributed by atoms with Crippen LogP contribution in [0.15, 0.2) is 24.3 Å². The van der Waals surface area contributed by atoms with Crippen LogP contribution < -0.4 is 16.0 Å². The zero-order valence-corrected chi connectivity index (χ0v) is 11.0. The predicted molar refractivity (Wildman–Crippen MR) is 73.6 cm³/mol. The zero-order chi connectivity index (χ0) is 13.1. The van der Waals surface area contributed by atoms with Gasteiger partial charge >= 0.3 is 0 Å². The average molecular weight is 247 g/mol. The summed E-state index contributed by atoms with van der Waals surface area (Å²) in [4.78, 5) is 14.0. The highest BCUT2D eigenvalue weighted by Gasteiger charge is 2.31. The number of nitrogens with two attached hydrogens (primary N) is 1. The molecule has 4 heteroatoms. The van der Waals surface area contributed by atoms with Crippen LogP contribution in [0.1, 0.15) is 19.4 Å². The monoisotopic (exact) mass is 247 g/mol. The molecule has 1 aromatic carbocycles. The van der Waals surface area contributed by atoms with Crippen molar-refractivity contribution in [3.8, 4) is 0 Å². The molecule has 1 fully saturated rings. The number of piperazine rings is 1. The van der Waals surface area contributed by atoms with Gasteiger partial charge in [-0.2, -0.15) is 0 Å². The number of anilines is 1. The highest BCUT2D eigenvalue weighted by Crippen LogP contribution is 2.20. The van der Waals surface area contributed by atoms with Crippen LogP contribution in [0.3, 0.4) is 0 Å². The Hall–Kier alpha value is -1.55. The Morgan fingerprint density at radius 3 is 2.61 bits per heavy atom. The van der Waals surface area contributed by atoms with Crippen molar-refractivity contribution in [1.29, 1.82) is 0 Å². The SMILES string of the molecule is CCc1ccc(N2CC(C)NC(=O)C2CN)cc1. The van der Waals surface area contributed by atoms with Crippen LogP contribution in [0, 0.1) is 0 Å². The molecule has 3 N–H and O–H groups in total. The Balaban J connectivity index is 2.24. The maximum Gasteiger partial charge on any atom is 0.244 e. The number of amides is 1. The Bertz CT molecular complexity index is 416.